The van der Waals surface area contributed by atoms with Crippen LogP contribution in [0, 0.1) is 41.9 Å². The number of ether oxygens (including phenoxy) is 2. The van der Waals surface area contributed by atoms with Gasteiger partial charge in [-0.15, -0.1) is 18.8 Å². The van der Waals surface area contributed by atoms with Gasteiger partial charge >= 0.3 is 11.9 Å². The number of carbonyl (C=O) groups excluding carboxylic acids is 2. The summed E-state index contributed by atoms with van der Waals surface area (Å²) in [5.41, 5.74) is -3.32. The first-order valence-electron chi connectivity index (χ1n) is 9.67. The van der Waals surface area contributed by atoms with Crippen molar-refractivity contribution in [3.05, 3.63) is 48.0 Å². The van der Waals surface area contributed by atoms with Gasteiger partial charge in [-0.1, -0.05) is 68.2 Å². The Hall–Kier alpha value is -3.72. The molecule has 0 spiro atoms. The molecule has 2 aromatic carbocycles. The number of aliphatic hydroxyl groups is 1. The van der Waals surface area contributed by atoms with Gasteiger partial charge in [0.05, 0.1) is 14.2 Å². The molecule has 1 unspecified atom stereocenters. The molecule has 0 saturated carbocycles. The summed E-state index contributed by atoms with van der Waals surface area (Å²) in [5.74, 6) is 8.11. The van der Waals surface area contributed by atoms with Gasteiger partial charge < -0.3 is 14.6 Å². The Morgan fingerprint density at radius 1 is 0.968 bits per heavy atom. The van der Waals surface area contributed by atoms with Crippen molar-refractivity contribution in [3.8, 4) is 36.5 Å². The number of methoxy groups -OCH3 is 2. The van der Waals surface area contributed by atoms with E-state index in [0.29, 0.717) is 5.56 Å². The first-order chi connectivity index (χ1) is 14.9. The van der Waals surface area contributed by atoms with E-state index in [9.17, 15) is 14.7 Å². The molecule has 0 aliphatic rings. The average Bonchev–Trinajstić information content (AvgIpc) is 2.83. The zero-order chi connectivity index (χ0) is 23.5. The zero-order valence-electron chi connectivity index (χ0n) is 18.2. The first kappa shape index (κ1) is 25.3. The molecule has 0 fully saturated rings. The molecule has 0 aliphatic carbocycles. The maximum atomic E-state index is 12.3. The highest BCUT2D eigenvalue weighted by Crippen LogP contribution is 2.31. The molecule has 0 aliphatic heterocycles. The summed E-state index contributed by atoms with van der Waals surface area (Å²) < 4.78 is 9.47. The summed E-state index contributed by atoms with van der Waals surface area (Å²) in [6.07, 6.45) is 10.3. The maximum absolute atomic E-state index is 12.3. The lowest BCUT2D eigenvalue weighted by Crippen LogP contribution is -2.41. The van der Waals surface area contributed by atoms with Gasteiger partial charge in [0.25, 0.3) is 0 Å². The third-order valence-corrected chi connectivity index (χ3v) is 4.60. The SMILES string of the molecule is C#CCC(CC#CC(O)(C#C)c1cccc2ccccc12)(C(=O)OC)C(=O)OC.CC. The molecule has 31 heavy (non-hydrogen) atoms. The van der Waals surface area contributed by atoms with Crippen molar-refractivity contribution < 1.29 is 24.2 Å². The highest BCUT2D eigenvalue weighted by molar-refractivity contribution is 6.00. The van der Waals surface area contributed by atoms with Crippen LogP contribution in [0.3, 0.4) is 0 Å². The molecule has 0 radical (unpaired) electrons. The van der Waals surface area contributed by atoms with Crippen LogP contribution in [0.5, 0.6) is 0 Å². The molecular weight excluding hydrogens is 392 g/mol. The van der Waals surface area contributed by atoms with Crippen LogP contribution in [0.4, 0.5) is 0 Å². The molecule has 2 aromatic rings. The van der Waals surface area contributed by atoms with Crippen molar-refractivity contribution in [1.82, 2.24) is 0 Å². The molecule has 5 nitrogen and oxygen atoms in total. The van der Waals surface area contributed by atoms with E-state index in [1.807, 2.05) is 44.2 Å². The standard InChI is InChI=1S/C24H20O5.C2H6/c1-5-15-23(21(25)28-3,22(26)29-4)16-10-17-24(27,6-2)20-14-9-12-18-11-7-8-13-19(18)20;1-2/h1-2,7-9,11-14,27H,15-16H2,3-4H3;1-2H3. The molecule has 1 atom stereocenters. The molecule has 0 bridgehead atoms. The lowest BCUT2D eigenvalue weighted by Gasteiger charge is -2.24. The quantitative estimate of drug-likeness (QED) is 0.458. The van der Waals surface area contributed by atoms with E-state index in [-0.39, 0.29) is 12.8 Å². The summed E-state index contributed by atoms with van der Waals surface area (Å²) in [7, 11) is 2.27. The van der Waals surface area contributed by atoms with E-state index in [1.165, 1.54) is 0 Å². The maximum Gasteiger partial charge on any atom is 0.325 e. The van der Waals surface area contributed by atoms with Gasteiger partial charge in [0, 0.05) is 18.4 Å². The molecule has 0 heterocycles. The van der Waals surface area contributed by atoms with Crippen molar-refractivity contribution in [2.45, 2.75) is 32.3 Å². The summed E-state index contributed by atoms with van der Waals surface area (Å²) >= 11 is 0. The van der Waals surface area contributed by atoms with Gasteiger partial charge in [-0.2, -0.15) is 0 Å². The predicted octanol–water partition coefficient (Wildman–Crippen LogP) is 3.44. The molecule has 160 valence electrons. The Labute approximate surface area is 183 Å². The van der Waals surface area contributed by atoms with Gasteiger partial charge in [0.2, 0.25) is 5.60 Å². The van der Waals surface area contributed by atoms with Gasteiger partial charge in [0.1, 0.15) is 0 Å². The highest BCUT2D eigenvalue weighted by Gasteiger charge is 2.47. The molecule has 5 heteroatoms. The Kier molecular flexibility index (Phi) is 9.36. The van der Waals surface area contributed by atoms with Gasteiger partial charge in [-0.3, -0.25) is 9.59 Å². The van der Waals surface area contributed by atoms with E-state index in [1.54, 1.807) is 12.1 Å². The number of fused-ring (bicyclic) bond motifs is 1. The number of hydrogen-bond donors (Lipinski definition) is 1. The summed E-state index contributed by atoms with van der Waals surface area (Å²) in [6, 6.07) is 12.7. The van der Waals surface area contributed by atoms with Crippen molar-refractivity contribution in [2.24, 2.45) is 5.41 Å². The smallest absolute Gasteiger partial charge is 0.325 e. The minimum atomic E-state index is -1.94. The van der Waals surface area contributed by atoms with Crippen LogP contribution in [0.15, 0.2) is 42.5 Å². The lowest BCUT2D eigenvalue weighted by molar-refractivity contribution is -0.168. The second-order valence-corrected chi connectivity index (χ2v) is 6.31. The minimum absolute atomic E-state index is 0.274. The molecule has 2 rings (SSSR count). The zero-order valence-corrected chi connectivity index (χ0v) is 18.2. The van der Waals surface area contributed by atoms with Gasteiger partial charge in [0.15, 0.2) is 5.41 Å². The topological polar surface area (TPSA) is 72.8 Å². The van der Waals surface area contributed by atoms with Crippen LogP contribution in [0.2, 0.25) is 0 Å². The number of benzene rings is 2. The van der Waals surface area contributed by atoms with Crippen molar-refractivity contribution in [3.63, 3.8) is 0 Å². The van der Waals surface area contributed by atoms with Gasteiger partial charge in [-0.05, 0) is 16.7 Å². The van der Waals surface area contributed by atoms with E-state index >= 15 is 0 Å². The molecular formula is C26H26O5. The second-order valence-electron chi connectivity index (χ2n) is 6.31. The number of rotatable bonds is 5. The third kappa shape index (κ3) is 5.26. The van der Waals surface area contributed by atoms with Gasteiger partial charge in [-0.25, -0.2) is 0 Å². The summed E-state index contributed by atoms with van der Waals surface area (Å²) in [5, 5.41) is 12.6. The minimum Gasteiger partial charge on any atom is -0.468 e. The van der Waals surface area contributed by atoms with Crippen molar-refractivity contribution in [2.75, 3.05) is 14.2 Å². The van der Waals surface area contributed by atoms with E-state index in [2.05, 4.69) is 23.7 Å². The Balaban J connectivity index is 0.00000233. The summed E-state index contributed by atoms with van der Waals surface area (Å²) in [6.45, 7) is 4.00. The van der Waals surface area contributed by atoms with Crippen LogP contribution in [0.1, 0.15) is 32.3 Å². The number of esters is 2. The molecule has 1 N–H and O–H groups in total. The summed E-state index contributed by atoms with van der Waals surface area (Å²) in [4.78, 5) is 24.6. The second kappa shape index (κ2) is 11.5. The van der Waals surface area contributed by atoms with Crippen LogP contribution in [-0.2, 0) is 24.7 Å². The first-order valence-corrected chi connectivity index (χ1v) is 9.67. The lowest BCUT2D eigenvalue weighted by atomic mass is 9.81. The fraction of sp³-hybridized carbons (Fsp3) is 0.308. The van der Waals surface area contributed by atoms with E-state index in [0.717, 1.165) is 25.0 Å². The van der Waals surface area contributed by atoms with Crippen LogP contribution < -0.4 is 0 Å². The largest absolute Gasteiger partial charge is 0.468 e. The fourth-order valence-electron chi connectivity index (χ4n) is 3.04. The molecule has 0 aromatic heterocycles. The number of hydrogen-bond acceptors (Lipinski definition) is 5. The normalized spacial score (nSPS) is 11.8. The average molecular weight is 418 g/mol. The van der Waals surface area contributed by atoms with Crippen LogP contribution in [0.25, 0.3) is 10.8 Å². The number of terminal acetylenes is 2. The number of carbonyl (C=O) groups is 2. The Bertz CT molecular complexity index is 1050. The van der Waals surface area contributed by atoms with Crippen LogP contribution in [-0.4, -0.2) is 31.3 Å². The van der Waals surface area contributed by atoms with Crippen LogP contribution >= 0.6 is 0 Å². The predicted molar refractivity (Wildman–Crippen MR) is 120 cm³/mol. The van der Waals surface area contributed by atoms with Crippen molar-refractivity contribution in [1.29, 1.82) is 0 Å². The highest BCUT2D eigenvalue weighted by atomic mass is 16.5. The molecule has 0 amide bonds. The third-order valence-electron chi connectivity index (χ3n) is 4.60. The Morgan fingerprint density at radius 3 is 2.10 bits per heavy atom. The van der Waals surface area contributed by atoms with Crippen molar-refractivity contribution >= 4 is 22.7 Å². The monoisotopic (exact) mass is 418 g/mol. The van der Waals surface area contributed by atoms with E-state index in [4.69, 9.17) is 22.3 Å². The Morgan fingerprint density at radius 2 is 1.55 bits per heavy atom. The molecule has 0 saturated heterocycles. The fourth-order valence-corrected chi connectivity index (χ4v) is 3.04. The van der Waals surface area contributed by atoms with E-state index < -0.39 is 23.0 Å².